The summed E-state index contributed by atoms with van der Waals surface area (Å²) < 4.78 is 0. The van der Waals surface area contributed by atoms with Crippen molar-refractivity contribution < 1.29 is 9.59 Å². The molecular weight excluding hydrogens is 414 g/mol. The lowest BCUT2D eigenvalue weighted by atomic mass is 9.79. The Labute approximate surface area is 192 Å². The van der Waals surface area contributed by atoms with Crippen LogP contribution in [-0.4, -0.2) is 65.5 Å². The highest BCUT2D eigenvalue weighted by Crippen LogP contribution is 2.41. The quantitative estimate of drug-likeness (QED) is 0.572. The van der Waals surface area contributed by atoms with Crippen LogP contribution in [0, 0.1) is 5.92 Å². The van der Waals surface area contributed by atoms with Crippen molar-refractivity contribution >= 4 is 34.1 Å². The number of anilines is 1. The molecule has 0 spiro atoms. The predicted octanol–water partition coefficient (Wildman–Crippen LogP) is 3.07. The van der Waals surface area contributed by atoms with E-state index in [0.29, 0.717) is 19.6 Å². The molecule has 168 valence electrons. The average Bonchev–Trinajstić information content (AvgIpc) is 3.28. The first-order valence-electron chi connectivity index (χ1n) is 11.6. The number of nitrogens with one attached hydrogen (secondary N) is 3. The van der Waals surface area contributed by atoms with E-state index < -0.39 is 0 Å². The lowest BCUT2D eigenvalue weighted by Gasteiger charge is -2.42. The van der Waals surface area contributed by atoms with E-state index in [4.69, 9.17) is 0 Å². The number of benzene rings is 2. The first kappa shape index (κ1) is 20.1. The number of H-pyrrole nitrogens is 1. The molecule has 3 aliphatic rings. The maximum absolute atomic E-state index is 13.5. The van der Waals surface area contributed by atoms with Gasteiger partial charge >= 0.3 is 6.03 Å². The van der Waals surface area contributed by atoms with Crippen molar-refractivity contribution in [2.75, 3.05) is 38.0 Å². The van der Waals surface area contributed by atoms with Crippen LogP contribution < -0.4 is 10.6 Å². The Morgan fingerprint density at radius 1 is 1.00 bits per heavy atom. The molecule has 2 aliphatic heterocycles. The zero-order chi connectivity index (χ0) is 22.4. The minimum absolute atomic E-state index is 0.102. The summed E-state index contributed by atoms with van der Waals surface area (Å²) in [6, 6.07) is 15.5. The van der Waals surface area contributed by atoms with E-state index in [2.05, 4.69) is 40.0 Å². The minimum atomic E-state index is -0.355. The van der Waals surface area contributed by atoms with E-state index >= 15 is 0 Å². The van der Waals surface area contributed by atoms with Crippen LogP contribution in [0.2, 0.25) is 0 Å². The maximum atomic E-state index is 13.5. The number of para-hydroxylation sites is 1. The molecule has 2 aromatic carbocycles. The highest BCUT2D eigenvalue weighted by molar-refractivity contribution is 6.01. The van der Waals surface area contributed by atoms with E-state index in [9.17, 15) is 9.59 Å². The van der Waals surface area contributed by atoms with Crippen LogP contribution in [0.15, 0.2) is 60.8 Å². The fourth-order valence-electron chi connectivity index (χ4n) is 5.45. The molecule has 1 aliphatic carbocycles. The Morgan fingerprint density at radius 3 is 2.64 bits per heavy atom. The summed E-state index contributed by atoms with van der Waals surface area (Å²) in [6.45, 7) is 3.40. The molecule has 3 N–H and O–H groups in total. The fraction of sp³-hybridized carbons (Fsp3) is 0.308. The van der Waals surface area contributed by atoms with Gasteiger partial charge in [-0.05, 0) is 41.3 Å². The molecule has 1 fully saturated rings. The van der Waals surface area contributed by atoms with E-state index in [-0.39, 0.29) is 23.9 Å². The van der Waals surface area contributed by atoms with Crippen LogP contribution in [0.1, 0.15) is 11.1 Å². The zero-order valence-electron chi connectivity index (χ0n) is 18.4. The molecule has 0 unspecified atom stereocenters. The topological polar surface area (TPSA) is 80.5 Å². The van der Waals surface area contributed by atoms with Gasteiger partial charge in [-0.3, -0.25) is 4.79 Å². The summed E-state index contributed by atoms with van der Waals surface area (Å²) in [7, 11) is 0. The Balaban J connectivity index is 1.39. The molecule has 0 saturated carbocycles. The van der Waals surface area contributed by atoms with Gasteiger partial charge in [0.15, 0.2) is 0 Å². The average molecular weight is 442 g/mol. The third kappa shape index (κ3) is 3.49. The number of urea groups is 1. The van der Waals surface area contributed by atoms with E-state index in [1.165, 1.54) is 10.9 Å². The highest BCUT2D eigenvalue weighted by Gasteiger charge is 2.40. The third-order valence-corrected chi connectivity index (χ3v) is 7.05. The first-order chi connectivity index (χ1) is 16.2. The van der Waals surface area contributed by atoms with Crippen molar-refractivity contribution in [3.63, 3.8) is 0 Å². The largest absolute Gasteiger partial charge is 0.361 e. The second-order valence-corrected chi connectivity index (χ2v) is 9.01. The Morgan fingerprint density at radius 2 is 1.82 bits per heavy atom. The number of hydrogen-bond donors (Lipinski definition) is 3. The molecule has 33 heavy (non-hydrogen) atoms. The third-order valence-electron chi connectivity index (χ3n) is 7.05. The Hall–Kier alpha value is -3.58. The summed E-state index contributed by atoms with van der Waals surface area (Å²) >= 11 is 0. The van der Waals surface area contributed by atoms with Gasteiger partial charge in [0, 0.05) is 55.5 Å². The highest BCUT2D eigenvalue weighted by atomic mass is 16.2. The molecule has 7 nitrogen and oxygen atoms in total. The SMILES string of the molecule is O=C([C@@H]1C=C2c3cccc4[nH]cc(c34)C[C@H]2N(C(=O)Nc2ccccc2)C1)N1CCNCC1. The monoisotopic (exact) mass is 441 g/mol. The second kappa shape index (κ2) is 8.08. The number of nitrogens with zero attached hydrogens (tertiary/aromatic N) is 2. The van der Waals surface area contributed by atoms with Crippen molar-refractivity contribution in [2.45, 2.75) is 12.5 Å². The molecule has 3 amide bonds. The lowest BCUT2D eigenvalue weighted by molar-refractivity contribution is -0.135. The number of fused-ring (bicyclic) bond motifs is 2. The standard InChI is InChI=1S/C26H27N5O2/c32-25(30-11-9-27-10-12-30)18-13-21-20-7-4-8-22-24(20)17(15-28-22)14-23(21)31(16-18)26(33)29-19-5-2-1-3-6-19/h1-8,13,15,18,23,27-28H,9-12,14,16H2,(H,29,33)/t18-,23-/m1/s1. The van der Waals surface area contributed by atoms with E-state index in [0.717, 1.165) is 41.9 Å². The van der Waals surface area contributed by atoms with Crippen molar-refractivity contribution in [2.24, 2.45) is 5.92 Å². The number of aromatic amines is 1. The summed E-state index contributed by atoms with van der Waals surface area (Å²) in [5, 5.41) is 7.56. The fourth-order valence-corrected chi connectivity index (χ4v) is 5.45. The van der Waals surface area contributed by atoms with Gasteiger partial charge in [-0.1, -0.05) is 36.4 Å². The van der Waals surface area contributed by atoms with Crippen LogP contribution in [0.4, 0.5) is 10.5 Å². The van der Waals surface area contributed by atoms with E-state index in [1.54, 1.807) is 0 Å². The summed E-state index contributed by atoms with van der Waals surface area (Å²) in [4.78, 5) is 34.1. The molecule has 3 heterocycles. The molecule has 1 aromatic heterocycles. The van der Waals surface area contributed by atoms with Gasteiger partial charge < -0.3 is 25.4 Å². The smallest absolute Gasteiger partial charge is 0.322 e. The molecule has 3 aromatic rings. The number of carbonyl (C=O) groups excluding carboxylic acids is 2. The summed E-state index contributed by atoms with van der Waals surface area (Å²) in [6.07, 6.45) is 4.92. The van der Waals surface area contributed by atoms with Crippen molar-refractivity contribution in [3.05, 3.63) is 71.9 Å². The van der Waals surface area contributed by atoms with Gasteiger partial charge in [0.1, 0.15) is 0 Å². The number of rotatable bonds is 2. The zero-order valence-corrected chi connectivity index (χ0v) is 18.4. The van der Waals surface area contributed by atoms with Gasteiger partial charge in [-0.25, -0.2) is 4.79 Å². The van der Waals surface area contributed by atoms with Crippen molar-refractivity contribution in [1.82, 2.24) is 20.1 Å². The van der Waals surface area contributed by atoms with Gasteiger partial charge in [0.25, 0.3) is 0 Å². The van der Waals surface area contributed by atoms with Crippen LogP contribution in [0.5, 0.6) is 0 Å². The van der Waals surface area contributed by atoms with Gasteiger partial charge in [0.2, 0.25) is 5.91 Å². The van der Waals surface area contributed by atoms with Crippen molar-refractivity contribution in [3.8, 4) is 0 Å². The van der Waals surface area contributed by atoms with Gasteiger partial charge in [0.05, 0.1) is 12.0 Å². The summed E-state index contributed by atoms with van der Waals surface area (Å²) in [5.41, 5.74) is 5.26. The number of carbonyl (C=O) groups is 2. The molecule has 1 saturated heterocycles. The normalized spacial score (nSPS) is 22.0. The van der Waals surface area contributed by atoms with Crippen LogP contribution in [0.25, 0.3) is 16.5 Å². The van der Waals surface area contributed by atoms with Gasteiger partial charge in [-0.2, -0.15) is 0 Å². The molecule has 6 rings (SSSR count). The number of piperazine rings is 1. The minimum Gasteiger partial charge on any atom is -0.361 e. The molecule has 2 atom stereocenters. The Kier molecular flexibility index (Phi) is 4.91. The van der Waals surface area contributed by atoms with E-state index in [1.807, 2.05) is 46.2 Å². The van der Waals surface area contributed by atoms with Crippen LogP contribution in [-0.2, 0) is 11.2 Å². The molecule has 0 bridgehead atoms. The predicted molar refractivity (Wildman–Crippen MR) is 129 cm³/mol. The molecular formula is C26H27N5O2. The van der Waals surface area contributed by atoms with Crippen LogP contribution in [0.3, 0.4) is 0 Å². The molecule has 7 heteroatoms. The summed E-state index contributed by atoms with van der Waals surface area (Å²) in [5.74, 6) is -0.251. The second-order valence-electron chi connectivity index (χ2n) is 9.01. The number of aromatic nitrogens is 1. The van der Waals surface area contributed by atoms with Crippen LogP contribution >= 0.6 is 0 Å². The van der Waals surface area contributed by atoms with Crippen molar-refractivity contribution in [1.29, 1.82) is 0 Å². The Bertz CT molecular complexity index is 1240. The van der Waals surface area contributed by atoms with Gasteiger partial charge in [-0.15, -0.1) is 0 Å². The number of hydrogen-bond acceptors (Lipinski definition) is 3. The first-order valence-corrected chi connectivity index (χ1v) is 11.6. The molecule has 0 radical (unpaired) electrons. The lowest BCUT2D eigenvalue weighted by Crippen LogP contribution is -2.54. The number of amides is 3. The maximum Gasteiger partial charge on any atom is 0.322 e.